The number of carbonyl (C=O) groups is 2. The predicted octanol–water partition coefficient (Wildman–Crippen LogP) is 0.0424. The van der Waals surface area contributed by atoms with E-state index in [1.54, 1.807) is 6.07 Å². The number of rotatable bonds is 7. The highest BCUT2D eigenvalue weighted by molar-refractivity contribution is 7.92. The molecule has 0 aromatic heterocycles. The molecule has 2 heterocycles. The molecule has 172 valence electrons. The van der Waals surface area contributed by atoms with Crippen molar-refractivity contribution in [2.75, 3.05) is 81.3 Å². The Bertz CT molecular complexity index is 907. The molecule has 2 aliphatic heterocycles. The lowest BCUT2D eigenvalue weighted by Gasteiger charge is -2.38. The number of sulfonamides is 1. The van der Waals surface area contributed by atoms with Gasteiger partial charge in [-0.2, -0.15) is 0 Å². The Hall–Kier alpha value is -2.37. The number of hydrogen-bond donors (Lipinski definition) is 2. The van der Waals surface area contributed by atoms with Gasteiger partial charge in [-0.15, -0.1) is 0 Å². The average molecular weight is 454 g/mol. The van der Waals surface area contributed by atoms with Crippen molar-refractivity contribution >= 4 is 33.3 Å². The van der Waals surface area contributed by atoms with Crippen molar-refractivity contribution in [2.24, 2.45) is 0 Å². The number of piperazine rings is 2. The van der Waals surface area contributed by atoms with Crippen LogP contribution in [0.4, 0.5) is 11.4 Å². The van der Waals surface area contributed by atoms with Crippen LogP contribution in [0, 0.1) is 0 Å². The number of aromatic carboxylic acids is 1. The second-order valence-electron chi connectivity index (χ2n) is 7.99. The fourth-order valence-electron chi connectivity index (χ4n) is 3.75. The van der Waals surface area contributed by atoms with Crippen molar-refractivity contribution in [1.82, 2.24) is 14.7 Å². The molecule has 11 heteroatoms. The Morgan fingerprint density at radius 3 is 2.26 bits per heavy atom. The third-order valence-electron chi connectivity index (χ3n) is 5.83. The number of carboxylic acids is 1. The van der Waals surface area contributed by atoms with E-state index in [4.69, 9.17) is 0 Å². The summed E-state index contributed by atoms with van der Waals surface area (Å²) in [6, 6.07) is 4.72. The van der Waals surface area contributed by atoms with Gasteiger partial charge in [-0.25, -0.2) is 13.2 Å². The third kappa shape index (κ3) is 6.08. The Morgan fingerprint density at radius 1 is 1.03 bits per heavy atom. The monoisotopic (exact) mass is 453 g/mol. The lowest BCUT2D eigenvalue weighted by atomic mass is 10.1. The van der Waals surface area contributed by atoms with Gasteiger partial charge in [0.1, 0.15) is 0 Å². The minimum Gasteiger partial charge on any atom is -0.478 e. The standard InChI is InChI=1S/C20H31N5O5S/c1-3-31(29,30)21-18-5-4-16(14-17(18)20(27)28)24-12-8-23(9-13-24)15-19(26)25-10-6-22(2)7-11-25/h4-5,14,21H,3,6-13,15H2,1-2H3,(H,27,28). The Morgan fingerprint density at radius 2 is 1.68 bits per heavy atom. The van der Waals surface area contributed by atoms with Gasteiger partial charge in [-0.05, 0) is 32.2 Å². The SMILES string of the molecule is CCS(=O)(=O)Nc1ccc(N2CCN(CC(=O)N3CCN(C)CC3)CC2)cc1C(=O)O. The van der Waals surface area contributed by atoms with Crippen LogP contribution in [0.15, 0.2) is 18.2 Å². The molecule has 0 spiro atoms. The van der Waals surface area contributed by atoms with E-state index in [1.165, 1.54) is 19.1 Å². The topological polar surface area (TPSA) is 113 Å². The van der Waals surface area contributed by atoms with Crippen molar-refractivity contribution in [1.29, 1.82) is 0 Å². The number of amides is 1. The second kappa shape index (κ2) is 9.84. The van der Waals surface area contributed by atoms with E-state index in [-0.39, 0.29) is 22.9 Å². The molecule has 0 radical (unpaired) electrons. The van der Waals surface area contributed by atoms with E-state index in [9.17, 15) is 23.1 Å². The molecule has 1 aromatic carbocycles. The highest BCUT2D eigenvalue weighted by Crippen LogP contribution is 2.25. The quantitative estimate of drug-likeness (QED) is 0.595. The molecule has 2 fully saturated rings. The van der Waals surface area contributed by atoms with E-state index in [2.05, 4.69) is 26.5 Å². The highest BCUT2D eigenvalue weighted by Gasteiger charge is 2.25. The maximum absolute atomic E-state index is 12.6. The summed E-state index contributed by atoms with van der Waals surface area (Å²) < 4.78 is 26.0. The van der Waals surface area contributed by atoms with Crippen LogP contribution >= 0.6 is 0 Å². The van der Waals surface area contributed by atoms with Crippen LogP contribution in [0.1, 0.15) is 17.3 Å². The molecule has 31 heavy (non-hydrogen) atoms. The Labute approximate surface area is 183 Å². The fraction of sp³-hybridized carbons (Fsp3) is 0.600. The molecule has 10 nitrogen and oxygen atoms in total. The zero-order valence-electron chi connectivity index (χ0n) is 18.1. The first-order valence-corrected chi connectivity index (χ1v) is 12.1. The maximum Gasteiger partial charge on any atom is 0.337 e. The number of hydrogen-bond acceptors (Lipinski definition) is 7. The Balaban J connectivity index is 1.59. The average Bonchev–Trinajstić information content (AvgIpc) is 2.74. The molecule has 3 rings (SSSR count). The van der Waals surface area contributed by atoms with Gasteiger partial charge >= 0.3 is 5.97 Å². The van der Waals surface area contributed by atoms with Crippen LogP contribution in [0.25, 0.3) is 0 Å². The minimum atomic E-state index is -3.57. The highest BCUT2D eigenvalue weighted by atomic mass is 32.2. The van der Waals surface area contributed by atoms with Gasteiger partial charge in [-0.1, -0.05) is 0 Å². The summed E-state index contributed by atoms with van der Waals surface area (Å²) in [7, 11) is -1.51. The number of benzene rings is 1. The van der Waals surface area contributed by atoms with Crippen LogP contribution in [-0.2, 0) is 14.8 Å². The number of carbonyl (C=O) groups excluding carboxylic acids is 1. The van der Waals surface area contributed by atoms with Crippen LogP contribution in [-0.4, -0.2) is 112 Å². The van der Waals surface area contributed by atoms with Gasteiger partial charge in [0.15, 0.2) is 0 Å². The summed E-state index contributed by atoms with van der Waals surface area (Å²) in [6.07, 6.45) is 0. The summed E-state index contributed by atoms with van der Waals surface area (Å²) >= 11 is 0. The lowest BCUT2D eigenvalue weighted by molar-refractivity contribution is -0.134. The fourth-order valence-corrected chi connectivity index (χ4v) is 4.40. The lowest BCUT2D eigenvalue weighted by Crippen LogP contribution is -2.53. The van der Waals surface area contributed by atoms with Crippen molar-refractivity contribution in [3.63, 3.8) is 0 Å². The summed E-state index contributed by atoms with van der Waals surface area (Å²) in [5.41, 5.74) is 0.707. The van der Waals surface area contributed by atoms with Crippen molar-refractivity contribution in [3.8, 4) is 0 Å². The molecule has 0 bridgehead atoms. The molecule has 0 aliphatic carbocycles. The first-order chi connectivity index (χ1) is 14.7. The zero-order valence-corrected chi connectivity index (χ0v) is 18.9. The molecule has 0 unspecified atom stereocenters. The number of carboxylic acid groups (broad SMARTS) is 1. The predicted molar refractivity (Wildman–Crippen MR) is 119 cm³/mol. The van der Waals surface area contributed by atoms with E-state index < -0.39 is 16.0 Å². The van der Waals surface area contributed by atoms with Crippen molar-refractivity contribution in [3.05, 3.63) is 23.8 Å². The first-order valence-electron chi connectivity index (χ1n) is 10.5. The normalized spacial score (nSPS) is 18.8. The maximum atomic E-state index is 12.6. The number of nitrogens with one attached hydrogen (secondary N) is 1. The van der Waals surface area contributed by atoms with Crippen LogP contribution in [0.5, 0.6) is 0 Å². The van der Waals surface area contributed by atoms with E-state index >= 15 is 0 Å². The van der Waals surface area contributed by atoms with Gasteiger partial charge in [0, 0.05) is 58.0 Å². The molecule has 0 saturated carbocycles. The second-order valence-corrected chi connectivity index (χ2v) is 10.00. The third-order valence-corrected chi connectivity index (χ3v) is 7.12. The van der Waals surface area contributed by atoms with Gasteiger partial charge in [-0.3, -0.25) is 14.4 Å². The number of likely N-dealkylation sites (N-methyl/N-ethyl adjacent to an activating group) is 1. The van der Waals surface area contributed by atoms with Crippen LogP contribution in [0.2, 0.25) is 0 Å². The van der Waals surface area contributed by atoms with Crippen molar-refractivity contribution in [2.45, 2.75) is 6.92 Å². The van der Waals surface area contributed by atoms with Crippen LogP contribution < -0.4 is 9.62 Å². The molecule has 1 aromatic rings. The molecule has 2 N–H and O–H groups in total. The summed E-state index contributed by atoms with van der Waals surface area (Å²) in [5, 5.41) is 9.53. The molecule has 0 atom stereocenters. The molecular weight excluding hydrogens is 422 g/mol. The number of anilines is 2. The molecular formula is C20H31N5O5S. The van der Waals surface area contributed by atoms with Crippen molar-refractivity contribution < 1.29 is 23.1 Å². The molecule has 2 saturated heterocycles. The van der Waals surface area contributed by atoms with Gasteiger partial charge in [0.25, 0.3) is 0 Å². The van der Waals surface area contributed by atoms with Gasteiger partial charge in [0.05, 0.1) is 23.5 Å². The summed E-state index contributed by atoms with van der Waals surface area (Å²) in [4.78, 5) is 32.5. The zero-order chi connectivity index (χ0) is 22.6. The summed E-state index contributed by atoms with van der Waals surface area (Å²) in [5.74, 6) is -1.17. The minimum absolute atomic E-state index is 0.0644. The van der Waals surface area contributed by atoms with Crippen LogP contribution in [0.3, 0.4) is 0 Å². The first kappa shape index (κ1) is 23.3. The van der Waals surface area contributed by atoms with Gasteiger partial charge < -0.3 is 19.8 Å². The largest absolute Gasteiger partial charge is 0.478 e. The van der Waals surface area contributed by atoms with E-state index in [1.807, 2.05) is 4.90 Å². The Kier molecular flexibility index (Phi) is 7.39. The van der Waals surface area contributed by atoms with E-state index in [0.29, 0.717) is 32.7 Å². The van der Waals surface area contributed by atoms with Gasteiger partial charge in [0.2, 0.25) is 15.9 Å². The number of nitrogens with zero attached hydrogens (tertiary/aromatic N) is 4. The molecule has 2 aliphatic rings. The summed E-state index contributed by atoms with van der Waals surface area (Å²) in [6.45, 7) is 7.94. The smallest absolute Gasteiger partial charge is 0.337 e. The molecule has 1 amide bonds. The van der Waals surface area contributed by atoms with E-state index in [0.717, 1.165) is 31.9 Å².